The molecule has 76 valence electrons. The van der Waals surface area contributed by atoms with Crippen molar-refractivity contribution < 1.29 is 4.79 Å². The molecule has 0 heterocycles. The van der Waals surface area contributed by atoms with Crippen LogP contribution in [0.3, 0.4) is 0 Å². The molecule has 2 aliphatic rings. The van der Waals surface area contributed by atoms with Gasteiger partial charge in [-0.25, -0.2) is 0 Å². The Balaban J connectivity index is 0.000000845. The Kier molecular flexibility index (Phi) is 2.61. The Labute approximate surface area is 84.6 Å². The van der Waals surface area contributed by atoms with Gasteiger partial charge in [-0.2, -0.15) is 0 Å². The van der Waals surface area contributed by atoms with Crippen LogP contribution in [0.1, 0.15) is 38.5 Å². The molecule has 0 atom stereocenters. The molecule has 3 nitrogen and oxygen atoms in total. The highest BCUT2D eigenvalue weighted by atomic mass is 35.5. The van der Waals surface area contributed by atoms with Crippen molar-refractivity contribution in [1.82, 2.24) is 0 Å². The maximum absolute atomic E-state index is 11.3. The van der Waals surface area contributed by atoms with Gasteiger partial charge < -0.3 is 11.5 Å². The van der Waals surface area contributed by atoms with Gasteiger partial charge >= 0.3 is 0 Å². The molecule has 0 radical (unpaired) electrons. The van der Waals surface area contributed by atoms with Gasteiger partial charge in [0, 0.05) is 5.54 Å². The number of carbonyl (C=O) groups excluding carboxylic acids is 1. The Morgan fingerprint density at radius 1 is 1.08 bits per heavy atom. The summed E-state index contributed by atoms with van der Waals surface area (Å²) < 4.78 is 0. The van der Waals surface area contributed by atoms with Crippen LogP contribution in [0.25, 0.3) is 0 Å². The van der Waals surface area contributed by atoms with Crippen molar-refractivity contribution in [3.63, 3.8) is 0 Å². The van der Waals surface area contributed by atoms with Gasteiger partial charge in [0.15, 0.2) is 0 Å². The minimum absolute atomic E-state index is 0. The summed E-state index contributed by atoms with van der Waals surface area (Å²) in [6.07, 6.45) is 6.07. The maximum Gasteiger partial charge on any atom is 0.225 e. The number of halogens is 1. The lowest BCUT2D eigenvalue weighted by atomic mass is 9.50. The largest absolute Gasteiger partial charge is 0.369 e. The lowest BCUT2D eigenvalue weighted by Crippen LogP contribution is -2.67. The van der Waals surface area contributed by atoms with Gasteiger partial charge in [0.25, 0.3) is 0 Å². The fourth-order valence-electron chi connectivity index (χ4n) is 2.56. The van der Waals surface area contributed by atoms with Crippen LogP contribution in [0.5, 0.6) is 0 Å². The van der Waals surface area contributed by atoms with E-state index < -0.39 is 0 Å². The number of hydrogen-bond acceptors (Lipinski definition) is 2. The number of nitrogens with two attached hydrogens (primary N) is 2. The SMILES string of the molecule is Cl.NC(=O)C1(C2(N)CCC2)CCC1. The highest BCUT2D eigenvalue weighted by Crippen LogP contribution is 2.55. The van der Waals surface area contributed by atoms with E-state index in [1.54, 1.807) is 0 Å². The summed E-state index contributed by atoms with van der Waals surface area (Å²) in [7, 11) is 0. The second kappa shape index (κ2) is 3.14. The molecule has 0 aromatic heterocycles. The summed E-state index contributed by atoms with van der Waals surface area (Å²) in [4.78, 5) is 11.3. The van der Waals surface area contributed by atoms with Gasteiger partial charge in [0.1, 0.15) is 0 Å². The molecule has 2 aliphatic carbocycles. The van der Waals surface area contributed by atoms with E-state index in [1.165, 1.54) is 0 Å². The van der Waals surface area contributed by atoms with Gasteiger partial charge in [-0.1, -0.05) is 6.42 Å². The molecule has 0 spiro atoms. The third-order valence-electron chi connectivity index (χ3n) is 3.88. The number of carbonyl (C=O) groups is 1. The van der Waals surface area contributed by atoms with E-state index in [1.807, 2.05) is 0 Å². The summed E-state index contributed by atoms with van der Waals surface area (Å²) in [5, 5.41) is 0. The minimum Gasteiger partial charge on any atom is -0.369 e. The third-order valence-corrected chi connectivity index (χ3v) is 3.88. The van der Waals surface area contributed by atoms with Gasteiger partial charge in [-0.05, 0) is 32.1 Å². The monoisotopic (exact) mass is 204 g/mol. The molecule has 0 unspecified atom stereocenters. The molecule has 0 bridgehead atoms. The summed E-state index contributed by atoms with van der Waals surface area (Å²) in [6.45, 7) is 0. The highest BCUT2D eigenvalue weighted by Gasteiger charge is 2.58. The van der Waals surface area contributed by atoms with Gasteiger partial charge in [-0.3, -0.25) is 4.79 Å². The lowest BCUT2D eigenvalue weighted by molar-refractivity contribution is -0.143. The zero-order valence-electron chi connectivity index (χ0n) is 7.71. The fourth-order valence-corrected chi connectivity index (χ4v) is 2.56. The molecular weight excluding hydrogens is 188 g/mol. The average molecular weight is 205 g/mol. The van der Waals surface area contributed by atoms with Crippen molar-refractivity contribution in [1.29, 1.82) is 0 Å². The molecule has 1 amide bonds. The third kappa shape index (κ3) is 1.17. The molecule has 0 aromatic carbocycles. The van der Waals surface area contributed by atoms with E-state index >= 15 is 0 Å². The minimum atomic E-state index is -0.328. The van der Waals surface area contributed by atoms with Crippen LogP contribution in [0.15, 0.2) is 0 Å². The molecule has 0 aromatic rings. The smallest absolute Gasteiger partial charge is 0.225 e. The van der Waals surface area contributed by atoms with Crippen LogP contribution >= 0.6 is 12.4 Å². The van der Waals surface area contributed by atoms with Crippen molar-refractivity contribution in [3.8, 4) is 0 Å². The Hall–Kier alpha value is -0.280. The van der Waals surface area contributed by atoms with E-state index in [9.17, 15) is 4.79 Å². The summed E-state index contributed by atoms with van der Waals surface area (Å²) in [6, 6.07) is 0. The zero-order chi connectivity index (χ0) is 8.82. The van der Waals surface area contributed by atoms with Gasteiger partial charge in [0.05, 0.1) is 5.41 Å². The topological polar surface area (TPSA) is 69.1 Å². The Morgan fingerprint density at radius 2 is 1.54 bits per heavy atom. The number of primary amides is 1. The molecule has 4 heteroatoms. The molecule has 13 heavy (non-hydrogen) atoms. The first-order valence-electron chi connectivity index (χ1n) is 4.70. The van der Waals surface area contributed by atoms with Crippen molar-refractivity contribution in [2.24, 2.45) is 16.9 Å². The van der Waals surface area contributed by atoms with Gasteiger partial charge in [-0.15, -0.1) is 12.4 Å². The number of rotatable bonds is 2. The van der Waals surface area contributed by atoms with Crippen molar-refractivity contribution in [2.45, 2.75) is 44.1 Å². The maximum atomic E-state index is 11.3. The quantitative estimate of drug-likeness (QED) is 0.703. The van der Waals surface area contributed by atoms with Crippen molar-refractivity contribution in [2.75, 3.05) is 0 Å². The van der Waals surface area contributed by atoms with Crippen LogP contribution in [-0.4, -0.2) is 11.4 Å². The predicted octanol–water partition coefficient (Wildman–Crippen LogP) is 0.945. The Morgan fingerprint density at radius 3 is 1.62 bits per heavy atom. The lowest BCUT2D eigenvalue weighted by Gasteiger charge is -2.56. The average Bonchev–Trinajstić information content (AvgIpc) is 1.80. The van der Waals surface area contributed by atoms with E-state index in [4.69, 9.17) is 11.5 Å². The predicted molar refractivity (Wildman–Crippen MR) is 53.5 cm³/mol. The second-order valence-corrected chi connectivity index (χ2v) is 4.31. The normalized spacial score (nSPS) is 27.8. The molecule has 2 rings (SSSR count). The van der Waals surface area contributed by atoms with Gasteiger partial charge in [0.2, 0.25) is 5.91 Å². The van der Waals surface area contributed by atoms with Crippen LogP contribution in [0.2, 0.25) is 0 Å². The van der Waals surface area contributed by atoms with E-state index in [0.29, 0.717) is 0 Å². The molecule has 0 saturated heterocycles. The fraction of sp³-hybridized carbons (Fsp3) is 0.889. The van der Waals surface area contributed by atoms with E-state index in [2.05, 4.69) is 0 Å². The summed E-state index contributed by atoms with van der Waals surface area (Å²) in [5.41, 5.74) is 11.0. The summed E-state index contributed by atoms with van der Waals surface area (Å²) in [5.74, 6) is -0.170. The Bertz CT molecular complexity index is 222. The standard InChI is InChI=1S/C9H16N2O.ClH/c10-7(12)8(3-1-4-8)9(11)5-2-6-9;/h1-6,11H2,(H2,10,12);1H. The van der Waals surface area contributed by atoms with Crippen LogP contribution < -0.4 is 11.5 Å². The molecule has 4 N–H and O–H groups in total. The molecule has 0 aliphatic heterocycles. The van der Waals surface area contributed by atoms with Crippen molar-refractivity contribution >= 4 is 18.3 Å². The highest BCUT2D eigenvalue weighted by molar-refractivity contribution is 5.85. The van der Waals surface area contributed by atoms with Crippen LogP contribution in [0.4, 0.5) is 0 Å². The zero-order valence-corrected chi connectivity index (χ0v) is 8.53. The van der Waals surface area contributed by atoms with Crippen LogP contribution in [0, 0.1) is 5.41 Å². The molecule has 2 fully saturated rings. The summed E-state index contributed by atoms with van der Waals surface area (Å²) >= 11 is 0. The number of hydrogen-bond donors (Lipinski definition) is 2. The molecule has 2 saturated carbocycles. The number of amides is 1. The first-order chi connectivity index (χ1) is 5.61. The molecular formula is C9H17ClN2O. The van der Waals surface area contributed by atoms with Crippen LogP contribution in [-0.2, 0) is 4.79 Å². The van der Waals surface area contributed by atoms with E-state index in [0.717, 1.165) is 38.5 Å². The first kappa shape index (κ1) is 10.8. The van der Waals surface area contributed by atoms with Crippen molar-refractivity contribution in [3.05, 3.63) is 0 Å². The van der Waals surface area contributed by atoms with E-state index in [-0.39, 0.29) is 29.3 Å². The second-order valence-electron chi connectivity index (χ2n) is 4.31. The first-order valence-corrected chi connectivity index (χ1v) is 4.70.